The number of aromatic nitrogens is 3. The molecule has 4 aromatic rings. The molecule has 0 fully saturated rings. The Labute approximate surface area is 195 Å². The van der Waals surface area contributed by atoms with Crippen LogP contribution in [0.2, 0.25) is 10.0 Å². The van der Waals surface area contributed by atoms with Gasteiger partial charge in [-0.15, -0.1) is 16.4 Å². The summed E-state index contributed by atoms with van der Waals surface area (Å²) in [6, 6.07) is 9.94. The highest BCUT2D eigenvalue weighted by molar-refractivity contribution is 7.12. The number of carbonyl (C=O) groups is 1. The van der Waals surface area contributed by atoms with Crippen molar-refractivity contribution in [2.45, 2.75) is 13.2 Å². The molecule has 0 saturated carbocycles. The van der Waals surface area contributed by atoms with Crippen LogP contribution in [-0.2, 0) is 13.2 Å². The Kier molecular flexibility index (Phi) is 6.69. The van der Waals surface area contributed by atoms with Gasteiger partial charge in [0.25, 0.3) is 5.91 Å². The lowest BCUT2D eigenvalue weighted by Crippen LogP contribution is -2.12. The van der Waals surface area contributed by atoms with E-state index in [1.807, 2.05) is 6.07 Å². The van der Waals surface area contributed by atoms with Gasteiger partial charge in [-0.05, 0) is 41.3 Å². The maximum absolute atomic E-state index is 13.7. The van der Waals surface area contributed by atoms with Crippen LogP contribution in [-0.4, -0.2) is 20.7 Å². The molecule has 0 radical (unpaired) electrons. The van der Waals surface area contributed by atoms with Crippen LogP contribution in [0.5, 0.6) is 5.75 Å². The van der Waals surface area contributed by atoms with Gasteiger partial charge >= 0.3 is 0 Å². The van der Waals surface area contributed by atoms with Crippen molar-refractivity contribution in [3.63, 3.8) is 0 Å². The molecule has 164 valence electrons. The van der Waals surface area contributed by atoms with Crippen LogP contribution >= 0.6 is 34.5 Å². The Balaban J connectivity index is 1.34. The highest BCUT2D eigenvalue weighted by Gasteiger charge is 2.13. The number of ether oxygens (including phenoxy) is 1. The second-order valence-electron chi connectivity index (χ2n) is 6.65. The first-order valence-electron chi connectivity index (χ1n) is 9.17. The number of thiophene rings is 1. The van der Waals surface area contributed by atoms with Crippen LogP contribution < -0.4 is 10.1 Å². The molecule has 0 unspecified atom stereocenters. The summed E-state index contributed by atoms with van der Waals surface area (Å²) in [5, 5.41) is 9.47. The molecule has 11 heteroatoms. The molecule has 32 heavy (non-hydrogen) atoms. The van der Waals surface area contributed by atoms with E-state index < -0.39 is 11.6 Å². The Morgan fingerprint density at radius 3 is 2.72 bits per heavy atom. The summed E-state index contributed by atoms with van der Waals surface area (Å²) in [5.74, 6) is -1.78. The minimum absolute atomic E-state index is 0.0306. The smallest absolute Gasteiger partial charge is 0.268 e. The van der Waals surface area contributed by atoms with Gasteiger partial charge in [0, 0.05) is 11.6 Å². The van der Waals surface area contributed by atoms with E-state index in [0.29, 0.717) is 27.0 Å². The van der Waals surface area contributed by atoms with Gasteiger partial charge in [0.2, 0.25) is 5.95 Å². The van der Waals surface area contributed by atoms with Crippen molar-refractivity contribution in [1.82, 2.24) is 14.8 Å². The maximum Gasteiger partial charge on any atom is 0.268 e. The number of amides is 1. The summed E-state index contributed by atoms with van der Waals surface area (Å²) in [6.07, 6.45) is 1.49. The molecular formula is C21H14Cl2F2N4O2S. The average molecular weight is 495 g/mol. The third-order valence-electron chi connectivity index (χ3n) is 4.26. The van der Waals surface area contributed by atoms with Crippen LogP contribution in [0.1, 0.15) is 20.8 Å². The van der Waals surface area contributed by atoms with Crippen LogP contribution in [0.4, 0.5) is 14.7 Å². The molecule has 4 rings (SSSR count). The summed E-state index contributed by atoms with van der Waals surface area (Å²) >= 11 is 13.1. The Morgan fingerprint density at radius 2 is 1.94 bits per heavy atom. The lowest BCUT2D eigenvalue weighted by atomic mass is 10.2. The van der Waals surface area contributed by atoms with Crippen LogP contribution in [0.25, 0.3) is 0 Å². The van der Waals surface area contributed by atoms with Crippen molar-refractivity contribution in [3.8, 4) is 5.75 Å². The van der Waals surface area contributed by atoms with Gasteiger partial charge in [-0.3, -0.25) is 10.1 Å². The average Bonchev–Trinajstić information content (AvgIpc) is 3.40. The lowest BCUT2D eigenvalue weighted by molar-refractivity contribution is 0.102. The molecule has 0 aliphatic rings. The minimum Gasteiger partial charge on any atom is -0.486 e. The third kappa shape index (κ3) is 5.42. The molecule has 0 bridgehead atoms. The molecule has 0 spiro atoms. The van der Waals surface area contributed by atoms with Gasteiger partial charge < -0.3 is 4.74 Å². The lowest BCUT2D eigenvalue weighted by Gasteiger charge is -2.05. The topological polar surface area (TPSA) is 69.0 Å². The molecule has 1 amide bonds. The fraction of sp³-hybridized carbons (Fsp3) is 0.0952. The van der Waals surface area contributed by atoms with Crippen molar-refractivity contribution in [3.05, 3.63) is 91.9 Å². The summed E-state index contributed by atoms with van der Waals surface area (Å²) in [7, 11) is 0. The molecule has 2 heterocycles. The SMILES string of the molecule is O=C(Nc1ncn(Cc2ccc(Cl)c(Cl)c2)n1)c1cc(COc2ccc(F)cc2F)cs1. The molecule has 2 aromatic carbocycles. The van der Waals surface area contributed by atoms with E-state index in [9.17, 15) is 13.6 Å². The quantitative estimate of drug-likeness (QED) is 0.352. The fourth-order valence-electron chi connectivity index (χ4n) is 2.74. The Bertz CT molecular complexity index is 1280. The number of rotatable bonds is 7. The van der Waals surface area contributed by atoms with Gasteiger partial charge in [0.15, 0.2) is 11.6 Å². The molecule has 0 saturated heterocycles. The van der Waals surface area contributed by atoms with Gasteiger partial charge in [0.1, 0.15) is 18.8 Å². The number of nitrogens with one attached hydrogen (secondary N) is 1. The van der Waals surface area contributed by atoms with Crippen molar-refractivity contribution in [1.29, 1.82) is 0 Å². The van der Waals surface area contributed by atoms with E-state index in [1.54, 1.807) is 28.3 Å². The third-order valence-corrected chi connectivity index (χ3v) is 5.97. The van der Waals surface area contributed by atoms with Gasteiger partial charge in [-0.25, -0.2) is 18.4 Å². The van der Waals surface area contributed by atoms with E-state index >= 15 is 0 Å². The van der Waals surface area contributed by atoms with Gasteiger partial charge in [0.05, 0.1) is 21.5 Å². The number of hydrogen-bond donors (Lipinski definition) is 1. The number of carbonyl (C=O) groups excluding carboxylic acids is 1. The largest absolute Gasteiger partial charge is 0.486 e. The molecule has 1 N–H and O–H groups in total. The van der Waals surface area contributed by atoms with Crippen LogP contribution in [0.15, 0.2) is 54.2 Å². The summed E-state index contributed by atoms with van der Waals surface area (Å²) in [4.78, 5) is 17.0. The first-order valence-corrected chi connectivity index (χ1v) is 10.8. The first kappa shape index (κ1) is 22.2. The standard InChI is InChI=1S/C21H14Cl2F2N4O2S/c22-15-3-1-12(5-16(15)23)8-29-11-26-21(28-29)27-20(30)19-6-13(10-32-19)9-31-18-4-2-14(24)7-17(18)25/h1-7,10-11H,8-9H2,(H,27,28,30). The normalized spacial score (nSPS) is 10.9. The summed E-state index contributed by atoms with van der Waals surface area (Å²) in [5.41, 5.74) is 1.55. The summed E-state index contributed by atoms with van der Waals surface area (Å²) < 4.78 is 33.5. The Hall–Kier alpha value is -3.01. The highest BCUT2D eigenvalue weighted by atomic mass is 35.5. The van der Waals surface area contributed by atoms with Gasteiger partial charge in [-0.2, -0.15) is 0 Å². The monoisotopic (exact) mass is 494 g/mol. The minimum atomic E-state index is -0.791. The van der Waals surface area contributed by atoms with E-state index in [2.05, 4.69) is 15.4 Å². The molecular weight excluding hydrogens is 481 g/mol. The second-order valence-corrected chi connectivity index (χ2v) is 8.38. The molecule has 6 nitrogen and oxygen atoms in total. The van der Waals surface area contributed by atoms with Crippen LogP contribution in [0.3, 0.4) is 0 Å². The fourth-order valence-corrected chi connectivity index (χ4v) is 3.85. The maximum atomic E-state index is 13.7. The predicted octanol–water partition coefficient (Wildman–Crippen LogP) is 5.80. The first-order chi connectivity index (χ1) is 15.4. The van der Waals surface area contributed by atoms with Crippen molar-refractivity contribution >= 4 is 46.4 Å². The van der Waals surface area contributed by atoms with E-state index in [4.69, 9.17) is 27.9 Å². The highest BCUT2D eigenvalue weighted by Crippen LogP contribution is 2.23. The predicted molar refractivity (Wildman–Crippen MR) is 119 cm³/mol. The van der Waals surface area contributed by atoms with E-state index in [0.717, 1.165) is 17.7 Å². The molecule has 0 aliphatic carbocycles. The van der Waals surface area contributed by atoms with Crippen molar-refractivity contribution in [2.75, 3.05) is 5.32 Å². The summed E-state index contributed by atoms with van der Waals surface area (Å²) in [6.45, 7) is 0.434. The number of halogens is 4. The number of benzene rings is 2. The zero-order valence-electron chi connectivity index (χ0n) is 16.2. The van der Waals surface area contributed by atoms with E-state index in [1.165, 1.54) is 23.7 Å². The molecule has 2 aromatic heterocycles. The second kappa shape index (κ2) is 9.64. The van der Waals surface area contributed by atoms with Crippen molar-refractivity contribution in [2.24, 2.45) is 0 Å². The van der Waals surface area contributed by atoms with E-state index in [-0.39, 0.29) is 24.2 Å². The molecule has 0 atom stereocenters. The Morgan fingerprint density at radius 1 is 1.09 bits per heavy atom. The van der Waals surface area contributed by atoms with Gasteiger partial charge in [-0.1, -0.05) is 29.3 Å². The molecule has 0 aliphatic heterocycles. The number of hydrogen-bond acceptors (Lipinski definition) is 5. The number of anilines is 1. The van der Waals surface area contributed by atoms with Crippen LogP contribution in [0, 0.1) is 11.6 Å². The number of nitrogens with zero attached hydrogens (tertiary/aromatic N) is 3. The zero-order chi connectivity index (χ0) is 22.7. The van der Waals surface area contributed by atoms with Crippen molar-refractivity contribution < 1.29 is 18.3 Å². The zero-order valence-corrected chi connectivity index (χ0v) is 18.5.